The van der Waals surface area contributed by atoms with Crippen LogP contribution >= 0.6 is 7.75 Å². The molecule has 0 amide bonds. The summed E-state index contributed by atoms with van der Waals surface area (Å²) >= 11 is 0. The van der Waals surface area contributed by atoms with Crippen LogP contribution in [0.15, 0.2) is 52.5 Å². The largest absolute Gasteiger partial charge is 0.512 e. The van der Waals surface area contributed by atoms with Crippen molar-refractivity contribution in [3.8, 4) is 5.75 Å². The minimum absolute atomic E-state index is 0.00367. The van der Waals surface area contributed by atoms with Gasteiger partial charge in [-0.1, -0.05) is 25.1 Å². The molecule has 0 bridgehead atoms. The Balaban J connectivity index is 2.25. The molecule has 22 heavy (non-hydrogen) atoms. The Labute approximate surface area is 128 Å². The maximum atomic E-state index is 11.1. The van der Waals surface area contributed by atoms with E-state index in [0.29, 0.717) is 12.0 Å². The van der Waals surface area contributed by atoms with Gasteiger partial charge in [0.2, 0.25) is 0 Å². The van der Waals surface area contributed by atoms with E-state index >= 15 is 0 Å². The maximum absolute atomic E-state index is 11.1. The highest BCUT2D eigenvalue weighted by Crippen LogP contribution is 2.39. The smallest absolute Gasteiger partial charge is 0.448 e. The summed E-state index contributed by atoms with van der Waals surface area (Å²) in [6.45, 7) is 1.95. The second-order valence-corrected chi connectivity index (χ2v) is 6.51. The van der Waals surface area contributed by atoms with Gasteiger partial charge in [-0.25, -0.2) is 4.57 Å². The summed E-state index contributed by atoms with van der Waals surface area (Å²) in [5.41, 5.74) is 1.77. The van der Waals surface area contributed by atoms with Gasteiger partial charge in [0.15, 0.2) is 0 Å². The molecular formula is C15H18NO5P. The number of phenols is 1. The Bertz CT molecular complexity index is 702. The number of rotatable bonds is 4. The molecule has 0 spiro atoms. The molecule has 118 valence electrons. The molecular weight excluding hydrogens is 305 g/mol. The summed E-state index contributed by atoms with van der Waals surface area (Å²) in [5, 5.41) is 19.1. The number of aromatic hydroxyl groups is 1. The fraction of sp³-hybridized carbons (Fsp3) is 0.267. The van der Waals surface area contributed by atoms with Crippen LogP contribution in [0.1, 0.15) is 31.2 Å². The Morgan fingerprint density at radius 2 is 2.00 bits per heavy atom. The van der Waals surface area contributed by atoms with E-state index in [1.54, 1.807) is 24.3 Å². The molecule has 1 aromatic rings. The molecule has 0 radical (unpaired) electrons. The number of hydrogen-bond donors (Lipinski definition) is 4. The Hall–Kier alpha value is -1.88. The summed E-state index contributed by atoms with van der Waals surface area (Å²) < 4.78 is 14.5. The van der Waals surface area contributed by atoms with E-state index in [1.165, 1.54) is 6.08 Å². The topological polar surface area (TPSA) is 110 Å². The average Bonchev–Trinajstić information content (AvgIpc) is 2.40. The molecule has 0 aliphatic heterocycles. The van der Waals surface area contributed by atoms with E-state index in [2.05, 4.69) is 4.76 Å². The number of aliphatic hydroxyl groups excluding tert-OH is 1. The zero-order valence-corrected chi connectivity index (χ0v) is 12.9. The van der Waals surface area contributed by atoms with Crippen LogP contribution in [0.3, 0.4) is 0 Å². The van der Waals surface area contributed by atoms with E-state index in [-0.39, 0.29) is 29.6 Å². The SMILES string of the molecule is CC(CC1=CC=C(O)CC1=NP(=O)(O)O)c1cccc(O)c1. The molecule has 7 heteroatoms. The molecule has 1 atom stereocenters. The molecule has 0 fully saturated rings. The normalized spacial score (nSPS) is 18.8. The summed E-state index contributed by atoms with van der Waals surface area (Å²) in [7, 11) is -4.55. The van der Waals surface area contributed by atoms with E-state index in [4.69, 9.17) is 9.79 Å². The van der Waals surface area contributed by atoms with E-state index in [1.807, 2.05) is 13.0 Å². The molecule has 0 saturated carbocycles. The zero-order chi connectivity index (χ0) is 16.3. The predicted octanol–water partition coefficient (Wildman–Crippen LogP) is 3.19. The molecule has 0 heterocycles. The molecule has 2 rings (SSSR count). The maximum Gasteiger partial charge on any atom is 0.448 e. The Morgan fingerprint density at radius 1 is 1.27 bits per heavy atom. The lowest BCUT2D eigenvalue weighted by Crippen LogP contribution is -2.11. The van der Waals surface area contributed by atoms with Crippen molar-refractivity contribution in [2.45, 2.75) is 25.7 Å². The van der Waals surface area contributed by atoms with Gasteiger partial charge in [-0.3, -0.25) is 0 Å². The van der Waals surface area contributed by atoms with Crippen LogP contribution in [0.4, 0.5) is 0 Å². The third-order valence-electron chi connectivity index (χ3n) is 3.41. The van der Waals surface area contributed by atoms with Crippen LogP contribution in [-0.2, 0) is 4.57 Å². The van der Waals surface area contributed by atoms with Crippen molar-refractivity contribution in [1.29, 1.82) is 0 Å². The van der Waals surface area contributed by atoms with Gasteiger partial charge in [0.1, 0.15) is 5.75 Å². The van der Waals surface area contributed by atoms with Crippen molar-refractivity contribution in [3.05, 3.63) is 53.3 Å². The van der Waals surface area contributed by atoms with Gasteiger partial charge in [0, 0.05) is 6.42 Å². The highest BCUT2D eigenvalue weighted by atomic mass is 31.2. The Kier molecular flexibility index (Phi) is 4.86. The fourth-order valence-electron chi connectivity index (χ4n) is 2.36. The van der Waals surface area contributed by atoms with Crippen molar-refractivity contribution in [1.82, 2.24) is 0 Å². The molecule has 0 aromatic heterocycles. The molecule has 1 aliphatic carbocycles. The summed E-state index contributed by atoms with van der Waals surface area (Å²) in [4.78, 5) is 18.0. The van der Waals surface area contributed by atoms with Gasteiger partial charge in [-0.15, -0.1) is 0 Å². The van der Waals surface area contributed by atoms with Gasteiger partial charge in [-0.2, -0.15) is 4.76 Å². The lowest BCUT2D eigenvalue weighted by Gasteiger charge is -2.19. The van der Waals surface area contributed by atoms with Gasteiger partial charge in [0.25, 0.3) is 0 Å². The standard InChI is InChI=1S/C15H18NO5P/c1-10(11-3-2-4-13(17)8-11)7-12-5-6-14(18)9-15(12)16-22(19,20)21/h2-6,8,10,17-18H,7,9H2,1H3,(H2,19,20,21). The molecule has 1 aliphatic rings. The second-order valence-electron chi connectivity index (χ2n) is 5.29. The van der Waals surface area contributed by atoms with Gasteiger partial charge in [0.05, 0.1) is 11.5 Å². The number of benzene rings is 1. The average molecular weight is 323 g/mol. The van der Waals surface area contributed by atoms with Crippen molar-refractivity contribution in [2.75, 3.05) is 0 Å². The molecule has 1 aromatic carbocycles. The van der Waals surface area contributed by atoms with Crippen molar-refractivity contribution >= 4 is 13.5 Å². The monoisotopic (exact) mass is 323 g/mol. The van der Waals surface area contributed by atoms with Crippen LogP contribution in [-0.4, -0.2) is 25.7 Å². The van der Waals surface area contributed by atoms with Crippen molar-refractivity contribution < 1.29 is 24.6 Å². The minimum Gasteiger partial charge on any atom is -0.512 e. The lowest BCUT2D eigenvalue weighted by atomic mass is 9.88. The van der Waals surface area contributed by atoms with Crippen LogP contribution in [0, 0.1) is 0 Å². The van der Waals surface area contributed by atoms with E-state index < -0.39 is 7.75 Å². The van der Waals surface area contributed by atoms with Crippen LogP contribution in [0.5, 0.6) is 5.75 Å². The summed E-state index contributed by atoms with van der Waals surface area (Å²) in [6.07, 6.45) is 3.62. The van der Waals surface area contributed by atoms with Crippen molar-refractivity contribution in [2.24, 2.45) is 4.76 Å². The molecule has 0 saturated heterocycles. The minimum atomic E-state index is -4.55. The number of nitrogens with zero attached hydrogens (tertiary/aromatic N) is 1. The first kappa shape index (κ1) is 16.5. The first-order valence-electron chi connectivity index (χ1n) is 6.77. The highest BCUT2D eigenvalue weighted by Gasteiger charge is 2.21. The van der Waals surface area contributed by atoms with E-state index in [9.17, 15) is 14.8 Å². The van der Waals surface area contributed by atoms with Crippen molar-refractivity contribution in [3.63, 3.8) is 0 Å². The lowest BCUT2D eigenvalue weighted by molar-refractivity contribution is 0.374. The zero-order valence-electron chi connectivity index (χ0n) is 12.0. The molecule has 4 N–H and O–H groups in total. The number of phenolic OH excluding ortho intramolecular Hbond substituents is 1. The highest BCUT2D eigenvalue weighted by molar-refractivity contribution is 7.50. The number of hydrogen-bond acceptors (Lipinski definition) is 3. The number of aliphatic hydroxyl groups is 1. The Morgan fingerprint density at radius 3 is 2.64 bits per heavy atom. The fourth-order valence-corrected chi connectivity index (χ4v) is 2.87. The van der Waals surface area contributed by atoms with Crippen LogP contribution in [0.2, 0.25) is 0 Å². The summed E-state index contributed by atoms with van der Waals surface area (Å²) in [5.74, 6) is 0.207. The first-order chi connectivity index (χ1) is 10.2. The summed E-state index contributed by atoms with van der Waals surface area (Å²) in [6, 6.07) is 6.85. The van der Waals surface area contributed by atoms with Crippen LogP contribution < -0.4 is 0 Å². The third kappa shape index (κ3) is 4.56. The molecule has 6 nitrogen and oxygen atoms in total. The van der Waals surface area contributed by atoms with Gasteiger partial charge >= 0.3 is 7.75 Å². The van der Waals surface area contributed by atoms with Gasteiger partial charge < -0.3 is 20.0 Å². The second kappa shape index (κ2) is 6.48. The van der Waals surface area contributed by atoms with Crippen LogP contribution in [0.25, 0.3) is 0 Å². The van der Waals surface area contributed by atoms with Gasteiger partial charge in [-0.05, 0) is 41.7 Å². The first-order valence-corrected chi connectivity index (χ1v) is 8.34. The quantitative estimate of drug-likeness (QED) is 0.636. The molecule has 1 unspecified atom stereocenters. The number of allylic oxidation sites excluding steroid dienone is 4. The van der Waals surface area contributed by atoms with E-state index in [0.717, 1.165) is 5.56 Å². The predicted molar refractivity (Wildman–Crippen MR) is 84.0 cm³/mol. The third-order valence-corrected chi connectivity index (χ3v) is 3.91.